The molecule has 0 aliphatic carbocycles. The Morgan fingerprint density at radius 1 is 1.47 bits per heavy atom. The third kappa shape index (κ3) is 4.18. The second-order valence-electron chi connectivity index (χ2n) is 4.60. The molecule has 0 aromatic rings. The topological polar surface area (TPSA) is 32.8 Å². The normalized spacial score (nSPS) is 24.5. The van der Waals surface area contributed by atoms with Gasteiger partial charge in [0.2, 0.25) is 0 Å². The zero-order valence-electron chi connectivity index (χ0n) is 10.2. The van der Waals surface area contributed by atoms with Gasteiger partial charge in [-0.3, -0.25) is 9.69 Å². The van der Waals surface area contributed by atoms with Gasteiger partial charge in [-0.1, -0.05) is 0 Å². The second-order valence-corrected chi connectivity index (χ2v) is 4.60. The van der Waals surface area contributed by atoms with Gasteiger partial charge in [0.05, 0.1) is 12.6 Å². The van der Waals surface area contributed by atoms with Crippen LogP contribution >= 0.6 is 0 Å². The smallest absolute Gasteiger partial charge is 0.320 e. The number of piperazine rings is 1. The Hall–Kier alpha value is -0.610. The number of carbonyl (C=O) groups excluding carboxylic acids is 1. The lowest BCUT2D eigenvalue weighted by molar-refractivity contribution is -0.149. The van der Waals surface area contributed by atoms with Gasteiger partial charge >= 0.3 is 5.97 Å². The predicted molar refractivity (Wildman–Crippen MR) is 59.8 cm³/mol. The molecule has 1 aliphatic rings. The zero-order chi connectivity index (χ0) is 11.4. The number of ether oxygens (including phenoxy) is 1. The van der Waals surface area contributed by atoms with Gasteiger partial charge in [-0.25, -0.2) is 0 Å². The van der Waals surface area contributed by atoms with Gasteiger partial charge in [0.1, 0.15) is 0 Å². The summed E-state index contributed by atoms with van der Waals surface area (Å²) in [6, 6.07) is 0.519. The average molecular weight is 214 g/mol. The highest BCUT2D eigenvalue weighted by atomic mass is 16.5. The van der Waals surface area contributed by atoms with Crippen LogP contribution in [0.4, 0.5) is 0 Å². The van der Waals surface area contributed by atoms with E-state index in [1.807, 2.05) is 13.8 Å². The number of likely N-dealkylation sites (N-methyl/N-ethyl adjacent to an activating group) is 1. The molecule has 1 atom stereocenters. The molecule has 1 heterocycles. The Balaban J connectivity index is 2.30. The molecule has 0 aromatic heterocycles. The van der Waals surface area contributed by atoms with Crippen molar-refractivity contribution in [3.05, 3.63) is 0 Å². The van der Waals surface area contributed by atoms with Crippen LogP contribution in [0.2, 0.25) is 0 Å². The van der Waals surface area contributed by atoms with Gasteiger partial charge in [0.25, 0.3) is 0 Å². The number of hydrogen-bond donors (Lipinski definition) is 0. The van der Waals surface area contributed by atoms with Crippen LogP contribution in [0.15, 0.2) is 0 Å². The summed E-state index contributed by atoms with van der Waals surface area (Å²) in [5.41, 5.74) is 0. The molecule has 4 heteroatoms. The summed E-state index contributed by atoms with van der Waals surface area (Å²) in [7, 11) is 2.12. The lowest BCUT2D eigenvalue weighted by Crippen LogP contribution is -2.51. The highest BCUT2D eigenvalue weighted by Crippen LogP contribution is 2.06. The van der Waals surface area contributed by atoms with E-state index in [9.17, 15) is 4.79 Å². The van der Waals surface area contributed by atoms with E-state index in [-0.39, 0.29) is 12.1 Å². The zero-order valence-corrected chi connectivity index (χ0v) is 10.2. The predicted octanol–water partition coefficient (Wildman–Crippen LogP) is 0.574. The van der Waals surface area contributed by atoms with Crippen molar-refractivity contribution < 1.29 is 9.53 Å². The Bertz CT molecular complexity index is 219. The molecular formula is C11H22N2O2. The molecule has 15 heavy (non-hydrogen) atoms. The second kappa shape index (κ2) is 5.47. The van der Waals surface area contributed by atoms with Crippen LogP contribution in [0.3, 0.4) is 0 Å². The molecular weight excluding hydrogens is 192 g/mol. The maximum absolute atomic E-state index is 11.4. The van der Waals surface area contributed by atoms with E-state index < -0.39 is 0 Å². The minimum Gasteiger partial charge on any atom is -0.462 e. The highest BCUT2D eigenvalue weighted by Gasteiger charge is 2.22. The van der Waals surface area contributed by atoms with Crippen LogP contribution in [0.25, 0.3) is 0 Å². The highest BCUT2D eigenvalue weighted by molar-refractivity contribution is 5.71. The third-order valence-electron chi connectivity index (χ3n) is 2.76. The van der Waals surface area contributed by atoms with Crippen LogP contribution in [0, 0.1) is 0 Å². The first-order chi connectivity index (χ1) is 6.99. The Kier molecular flexibility index (Phi) is 4.54. The van der Waals surface area contributed by atoms with E-state index >= 15 is 0 Å². The van der Waals surface area contributed by atoms with Crippen molar-refractivity contribution in [3.8, 4) is 0 Å². The maximum atomic E-state index is 11.4. The van der Waals surface area contributed by atoms with Crippen LogP contribution in [0.1, 0.15) is 20.8 Å². The van der Waals surface area contributed by atoms with Gasteiger partial charge in [0, 0.05) is 25.7 Å². The molecule has 0 aromatic carbocycles. The lowest BCUT2D eigenvalue weighted by atomic mass is 10.2. The summed E-state index contributed by atoms with van der Waals surface area (Å²) in [5.74, 6) is -0.109. The maximum Gasteiger partial charge on any atom is 0.320 e. The molecule has 0 radical (unpaired) electrons. The fraction of sp³-hybridized carbons (Fsp3) is 0.909. The van der Waals surface area contributed by atoms with E-state index in [0.29, 0.717) is 12.6 Å². The summed E-state index contributed by atoms with van der Waals surface area (Å²) >= 11 is 0. The number of carbonyl (C=O) groups is 1. The molecule has 1 rings (SSSR count). The molecule has 1 fully saturated rings. The summed E-state index contributed by atoms with van der Waals surface area (Å²) < 4.78 is 5.12. The van der Waals surface area contributed by atoms with Gasteiger partial charge < -0.3 is 9.64 Å². The molecule has 1 aliphatic heterocycles. The van der Waals surface area contributed by atoms with Crippen molar-refractivity contribution in [2.45, 2.75) is 32.9 Å². The average Bonchev–Trinajstić information content (AvgIpc) is 2.10. The first kappa shape index (κ1) is 12.5. The van der Waals surface area contributed by atoms with Gasteiger partial charge in [-0.05, 0) is 27.8 Å². The van der Waals surface area contributed by atoms with E-state index in [4.69, 9.17) is 4.74 Å². The first-order valence-corrected chi connectivity index (χ1v) is 5.61. The van der Waals surface area contributed by atoms with E-state index in [1.54, 1.807) is 0 Å². The summed E-state index contributed by atoms with van der Waals surface area (Å²) in [5, 5.41) is 0. The van der Waals surface area contributed by atoms with E-state index in [1.165, 1.54) is 0 Å². The molecule has 1 saturated heterocycles. The van der Waals surface area contributed by atoms with Crippen LogP contribution in [0.5, 0.6) is 0 Å². The van der Waals surface area contributed by atoms with Crippen molar-refractivity contribution in [3.63, 3.8) is 0 Å². The largest absolute Gasteiger partial charge is 0.462 e. The van der Waals surface area contributed by atoms with Crippen molar-refractivity contribution in [1.82, 2.24) is 9.80 Å². The molecule has 1 unspecified atom stereocenters. The number of hydrogen-bond acceptors (Lipinski definition) is 4. The van der Waals surface area contributed by atoms with Gasteiger partial charge in [0.15, 0.2) is 0 Å². The van der Waals surface area contributed by atoms with Gasteiger partial charge in [-0.2, -0.15) is 0 Å². The SMILES string of the molecule is CC(C)OC(=O)CN1CCN(C)C(C)C1. The van der Waals surface area contributed by atoms with Crippen molar-refractivity contribution >= 4 is 5.97 Å². The molecule has 0 N–H and O–H groups in total. The fourth-order valence-electron chi connectivity index (χ4n) is 1.75. The monoisotopic (exact) mass is 214 g/mol. The van der Waals surface area contributed by atoms with E-state index in [0.717, 1.165) is 19.6 Å². The van der Waals surface area contributed by atoms with Gasteiger partial charge in [-0.15, -0.1) is 0 Å². The standard InChI is InChI=1S/C11H22N2O2/c1-9(2)15-11(14)8-13-6-5-12(4)10(3)7-13/h9-10H,5-8H2,1-4H3. The first-order valence-electron chi connectivity index (χ1n) is 5.61. The van der Waals surface area contributed by atoms with Crippen molar-refractivity contribution in [2.75, 3.05) is 33.2 Å². The molecule has 0 bridgehead atoms. The van der Waals surface area contributed by atoms with Crippen molar-refractivity contribution in [1.29, 1.82) is 0 Å². The third-order valence-corrected chi connectivity index (χ3v) is 2.76. The lowest BCUT2D eigenvalue weighted by Gasteiger charge is -2.37. The quantitative estimate of drug-likeness (QED) is 0.643. The Labute approximate surface area is 92.2 Å². The van der Waals surface area contributed by atoms with Crippen LogP contribution < -0.4 is 0 Å². The molecule has 0 amide bonds. The Morgan fingerprint density at radius 2 is 2.13 bits per heavy atom. The molecule has 0 saturated carbocycles. The minimum atomic E-state index is -0.109. The minimum absolute atomic E-state index is 0.0117. The number of rotatable bonds is 3. The van der Waals surface area contributed by atoms with Crippen LogP contribution in [-0.4, -0.2) is 61.1 Å². The van der Waals surface area contributed by atoms with E-state index in [2.05, 4.69) is 23.8 Å². The van der Waals surface area contributed by atoms with Crippen LogP contribution in [-0.2, 0) is 9.53 Å². The molecule has 88 valence electrons. The summed E-state index contributed by atoms with van der Waals surface area (Å²) in [6.45, 7) is 9.29. The fourth-order valence-corrected chi connectivity index (χ4v) is 1.75. The number of esters is 1. The Morgan fingerprint density at radius 3 is 2.67 bits per heavy atom. The molecule has 0 spiro atoms. The summed E-state index contributed by atoms with van der Waals surface area (Å²) in [4.78, 5) is 15.9. The summed E-state index contributed by atoms with van der Waals surface area (Å²) in [6.07, 6.45) is -0.0117. The number of nitrogens with zero attached hydrogens (tertiary/aromatic N) is 2. The molecule has 4 nitrogen and oxygen atoms in total. The van der Waals surface area contributed by atoms with Crippen molar-refractivity contribution in [2.24, 2.45) is 0 Å².